The van der Waals surface area contributed by atoms with Crippen LogP contribution in [0.15, 0.2) is 54.2 Å². The van der Waals surface area contributed by atoms with Gasteiger partial charge >= 0.3 is 6.03 Å². The number of imide groups is 1. The van der Waals surface area contributed by atoms with Crippen LogP contribution < -0.4 is 10.1 Å². The Hall–Kier alpha value is -2.35. The largest absolute Gasteiger partial charge is 0.489 e. The van der Waals surface area contributed by atoms with Crippen LogP contribution in [-0.2, 0) is 11.4 Å². The summed E-state index contributed by atoms with van der Waals surface area (Å²) in [6, 6.07) is 15.1. The van der Waals surface area contributed by atoms with Gasteiger partial charge in [0, 0.05) is 10.6 Å². The fourth-order valence-corrected chi connectivity index (χ4v) is 2.56. The molecule has 1 aliphatic heterocycles. The van der Waals surface area contributed by atoms with Crippen molar-refractivity contribution in [2.24, 2.45) is 0 Å². The number of amides is 3. The highest BCUT2D eigenvalue weighted by molar-refractivity contribution is 14.1. The monoisotopic (exact) mass is 434 g/mol. The van der Waals surface area contributed by atoms with Gasteiger partial charge in [-0.3, -0.25) is 9.69 Å². The number of nitrogens with zero attached hydrogens (tertiary/aromatic N) is 1. The molecule has 1 fully saturated rings. The molecule has 0 saturated carbocycles. The third kappa shape index (κ3) is 3.76. The molecule has 0 radical (unpaired) electrons. The van der Waals surface area contributed by atoms with Crippen LogP contribution in [0.2, 0.25) is 0 Å². The van der Waals surface area contributed by atoms with Gasteiger partial charge in [0.25, 0.3) is 5.91 Å². The molecule has 5 nitrogen and oxygen atoms in total. The van der Waals surface area contributed by atoms with Gasteiger partial charge in [-0.2, -0.15) is 0 Å². The van der Waals surface area contributed by atoms with E-state index in [2.05, 4.69) is 27.9 Å². The van der Waals surface area contributed by atoms with Crippen molar-refractivity contribution in [3.63, 3.8) is 0 Å². The molecule has 0 unspecified atom stereocenters. The number of ether oxygens (including phenoxy) is 1. The van der Waals surface area contributed by atoms with Gasteiger partial charge < -0.3 is 10.1 Å². The summed E-state index contributed by atoms with van der Waals surface area (Å²) in [6.07, 6.45) is 1.65. The number of likely N-dealkylation sites (N-methyl/N-ethyl adjacent to an activating group) is 1. The Kier molecular flexibility index (Phi) is 4.84. The molecule has 1 heterocycles. The maximum Gasteiger partial charge on any atom is 0.328 e. The van der Waals surface area contributed by atoms with Gasteiger partial charge in [0.2, 0.25) is 0 Å². The van der Waals surface area contributed by atoms with Crippen LogP contribution in [-0.4, -0.2) is 23.9 Å². The van der Waals surface area contributed by atoms with Gasteiger partial charge in [0.1, 0.15) is 18.1 Å². The molecule has 0 aliphatic carbocycles. The number of urea groups is 1. The maximum absolute atomic E-state index is 11.8. The fraction of sp³-hybridized carbons (Fsp3) is 0.111. The van der Waals surface area contributed by atoms with Crippen LogP contribution in [0.5, 0.6) is 5.75 Å². The van der Waals surface area contributed by atoms with Crippen LogP contribution in [0, 0.1) is 3.57 Å². The molecule has 0 atom stereocenters. The topological polar surface area (TPSA) is 58.6 Å². The first-order valence-corrected chi connectivity index (χ1v) is 8.39. The maximum atomic E-state index is 11.8. The molecule has 1 N–H and O–H groups in total. The van der Waals surface area contributed by atoms with Crippen molar-refractivity contribution in [1.29, 1.82) is 0 Å². The van der Waals surface area contributed by atoms with Gasteiger partial charge in [-0.15, -0.1) is 0 Å². The Morgan fingerprint density at radius 3 is 2.33 bits per heavy atom. The number of carbonyl (C=O) groups is 2. The van der Waals surface area contributed by atoms with Crippen molar-refractivity contribution in [3.8, 4) is 5.75 Å². The molecule has 6 heteroatoms. The lowest BCUT2D eigenvalue weighted by Crippen LogP contribution is -2.25. The first kappa shape index (κ1) is 16.5. The number of carbonyl (C=O) groups excluding carboxylic acids is 2. The standard InChI is InChI=1S/C18H15IN2O3/c1-21-17(22)16(20-18(21)23)10-12-4-8-15(9-5-12)24-11-13-2-6-14(19)7-3-13/h2-10H,11H2,1H3,(H,20,23)/b16-10+. The number of hydrogen-bond acceptors (Lipinski definition) is 3. The fourth-order valence-electron chi connectivity index (χ4n) is 2.20. The zero-order chi connectivity index (χ0) is 17.1. The Bertz CT molecular complexity index is 798. The molecule has 0 spiro atoms. The first-order valence-electron chi connectivity index (χ1n) is 7.31. The minimum Gasteiger partial charge on any atom is -0.489 e. The number of nitrogens with one attached hydrogen (secondary N) is 1. The number of hydrogen-bond donors (Lipinski definition) is 1. The minimum absolute atomic E-state index is 0.273. The van der Waals surface area contributed by atoms with E-state index in [1.165, 1.54) is 10.6 Å². The second-order valence-electron chi connectivity index (χ2n) is 5.34. The molecule has 1 saturated heterocycles. The van der Waals surface area contributed by atoms with Gasteiger partial charge in [0.05, 0.1) is 0 Å². The van der Waals surface area contributed by atoms with E-state index in [0.717, 1.165) is 21.8 Å². The minimum atomic E-state index is -0.413. The highest BCUT2D eigenvalue weighted by Gasteiger charge is 2.29. The highest BCUT2D eigenvalue weighted by atomic mass is 127. The number of halogens is 1. The van der Waals surface area contributed by atoms with E-state index in [9.17, 15) is 9.59 Å². The predicted octanol–water partition coefficient (Wildman–Crippen LogP) is 3.39. The molecule has 2 aromatic carbocycles. The van der Waals surface area contributed by atoms with Gasteiger partial charge in [-0.25, -0.2) is 4.79 Å². The average Bonchev–Trinajstić information content (AvgIpc) is 2.83. The summed E-state index contributed by atoms with van der Waals surface area (Å²) >= 11 is 2.26. The van der Waals surface area contributed by atoms with Crippen molar-refractivity contribution in [2.75, 3.05) is 7.05 Å². The molecule has 0 aromatic heterocycles. The zero-order valence-corrected chi connectivity index (χ0v) is 15.1. The van der Waals surface area contributed by atoms with E-state index in [1.54, 1.807) is 6.08 Å². The quantitative estimate of drug-likeness (QED) is 0.456. The van der Waals surface area contributed by atoms with Gasteiger partial charge in [0.15, 0.2) is 0 Å². The number of rotatable bonds is 4. The Morgan fingerprint density at radius 1 is 1.08 bits per heavy atom. The summed E-state index contributed by atoms with van der Waals surface area (Å²) in [6.45, 7) is 0.497. The van der Waals surface area contributed by atoms with E-state index in [1.807, 2.05) is 48.5 Å². The van der Waals surface area contributed by atoms with Gasteiger partial charge in [-0.1, -0.05) is 24.3 Å². The second kappa shape index (κ2) is 7.04. The summed E-state index contributed by atoms with van der Waals surface area (Å²) < 4.78 is 6.93. The van der Waals surface area contributed by atoms with Crippen molar-refractivity contribution in [1.82, 2.24) is 10.2 Å². The molecule has 1 aliphatic rings. The lowest BCUT2D eigenvalue weighted by Gasteiger charge is -2.07. The van der Waals surface area contributed by atoms with Crippen LogP contribution in [0.3, 0.4) is 0 Å². The Labute approximate surface area is 153 Å². The normalized spacial score (nSPS) is 15.8. The Balaban J connectivity index is 1.64. The van der Waals surface area contributed by atoms with E-state index in [4.69, 9.17) is 4.74 Å². The third-order valence-electron chi connectivity index (χ3n) is 3.59. The summed E-state index contributed by atoms with van der Waals surface area (Å²) in [5.41, 5.74) is 2.19. The smallest absolute Gasteiger partial charge is 0.328 e. The molecule has 24 heavy (non-hydrogen) atoms. The van der Waals surface area contributed by atoms with E-state index < -0.39 is 6.03 Å². The summed E-state index contributed by atoms with van der Waals surface area (Å²) in [5, 5.41) is 2.53. The van der Waals surface area contributed by atoms with Crippen molar-refractivity contribution in [3.05, 3.63) is 68.9 Å². The molecule has 3 amide bonds. The summed E-state index contributed by atoms with van der Waals surface area (Å²) in [7, 11) is 1.44. The molecular formula is C18H15IN2O3. The second-order valence-corrected chi connectivity index (χ2v) is 6.58. The van der Waals surface area contributed by atoms with Crippen molar-refractivity contribution < 1.29 is 14.3 Å². The lowest BCUT2D eigenvalue weighted by atomic mass is 10.2. The van der Waals surface area contributed by atoms with Crippen molar-refractivity contribution >= 4 is 40.6 Å². The van der Waals surface area contributed by atoms with Crippen LogP contribution in [0.1, 0.15) is 11.1 Å². The molecule has 0 bridgehead atoms. The SMILES string of the molecule is CN1C(=O)N/C(=C/c2ccc(OCc3ccc(I)cc3)cc2)C1=O. The summed E-state index contributed by atoms with van der Waals surface area (Å²) in [5.74, 6) is 0.411. The molecular weight excluding hydrogens is 419 g/mol. The van der Waals surface area contributed by atoms with E-state index >= 15 is 0 Å². The van der Waals surface area contributed by atoms with Gasteiger partial charge in [-0.05, 0) is 64.1 Å². The predicted molar refractivity (Wildman–Crippen MR) is 99.2 cm³/mol. The van der Waals surface area contributed by atoms with Crippen molar-refractivity contribution in [2.45, 2.75) is 6.61 Å². The van der Waals surface area contributed by atoms with E-state index in [-0.39, 0.29) is 11.6 Å². The molecule has 2 aromatic rings. The van der Waals surface area contributed by atoms with Crippen LogP contribution in [0.4, 0.5) is 4.79 Å². The molecule has 3 rings (SSSR count). The molecule has 122 valence electrons. The number of benzene rings is 2. The van der Waals surface area contributed by atoms with Crippen LogP contribution >= 0.6 is 22.6 Å². The summed E-state index contributed by atoms with van der Waals surface area (Å²) in [4.78, 5) is 24.3. The van der Waals surface area contributed by atoms with E-state index in [0.29, 0.717) is 6.61 Å². The lowest BCUT2D eigenvalue weighted by molar-refractivity contribution is -0.121. The average molecular weight is 434 g/mol. The first-order chi connectivity index (χ1) is 11.5. The zero-order valence-electron chi connectivity index (χ0n) is 13.0. The highest BCUT2D eigenvalue weighted by Crippen LogP contribution is 2.18. The third-order valence-corrected chi connectivity index (χ3v) is 4.31. The van der Waals surface area contributed by atoms with Crippen LogP contribution in [0.25, 0.3) is 6.08 Å². The Morgan fingerprint density at radius 2 is 1.75 bits per heavy atom.